The number of benzene rings is 2. The average Bonchev–Trinajstić information content (AvgIpc) is 3.27. The van der Waals surface area contributed by atoms with Gasteiger partial charge in [0.2, 0.25) is 5.82 Å². The van der Waals surface area contributed by atoms with Gasteiger partial charge in [0.15, 0.2) is 5.11 Å². The first-order chi connectivity index (χ1) is 15.9. The van der Waals surface area contributed by atoms with E-state index in [1.54, 1.807) is 0 Å². The zero-order valence-corrected chi connectivity index (χ0v) is 20.9. The Hall–Kier alpha value is -2.99. The molecular weight excluding hydrogens is 428 g/mol. The molecule has 1 aliphatic heterocycles. The van der Waals surface area contributed by atoms with Crippen LogP contribution in [0.3, 0.4) is 0 Å². The van der Waals surface area contributed by atoms with Crippen molar-refractivity contribution in [3.8, 4) is 11.4 Å². The van der Waals surface area contributed by atoms with Gasteiger partial charge >= 0.3 is 0 Å². The van der Waals surface area contributed by atoms with Crippen molar-refractivity contribution in [1.82, 2.24) is 20.4 Å². The minimum Gasteiger partial charge on any atom is -0.351 e. The predicted octanol–water partition coefficient (Wildman–Crippen LogP) is 6.51. The van der Waals surface area contributed by atoms with Crippen LogP contribution in [0.25, 0.3) is 17.0 Å². The molecular formula is C27H32N4OS. The molecule has 0 aliphatic carbocycles. The first-order valence-corrected chi connectivity index (χ1v) is 12.1. The summed E-state index contributed by atoms with van der Waals surface area (Å²) in [6.07, 6.45) is 3.41. The quantitative estimate of drug-likeness (QED) is 0.320. The fourth-order valence-electron chi connectivity index (χ4n) is 4.19. The van der Waals surface area contributed by atoms with Gasteiger partial charge in [-0.3, -0.25) is 0 Å². The topological polar surface area (TPSA) is 54.2 Å². The summed E-state index contributed by atoms with van der Waals surface area (Å²) >= 11 is 5.80. The maximum absolute atomic E-state index is 5.85. The number of hydrogen-bond donors (Lipinski definition) is 1. The molecule has 4 rings (SSSR count). The van der Waals surface area contributed by atoms with Crippen molar-refractivity contribution < 1.29 is 4.52 Å². The van der Waals surface area contributed by atoms with Crippen molar-refractivity contribution in [3.63, 3.8) is 0 Å². The van der Waals surface area contributed by atoms with E-state index in [9.17, 15) is 0 Å². The lowest BCUT2D eigenvalue weighted by atomic mass is 9.92. The normalized spacial score (nSPS) is 16.3. The SMILES string of the molecule is CCCCCN1C(=S)NC(c2ccc(C)c(C)c2)C(c2nc(-c3ccc(C)cc3)no2)=C1C. The predicted molar refractivity (Wildman–Crippen MR) is 138 cm³/mol. The van der Waals surface area contributed by atoms with Crippen LogP contribution < -0.4 is 5.32 Å². The maximum atomic E-state index is 5.85. The summed E-state index contributed by atoms with van der Waals surface area (Å²) in [5.41, 5.74) is 7.83. The molecule has 2 heterocycles. The lowest BCUT2D eigenvalue weighted by Gasteiger charge is -2.37. The Bertz CT molecular complexity index is 1180. The van der Waals surface area contributed by atoms with Gasteiger partial charge in [-0.1, -0.05) is 73.0 Å². The van der Waals surface area contributed by atoms with Crippen LogP contribution in [0.5, 0.6) is 0 Å². The molecule has 0 amide bonds. The van der Waals surface area contributed by atoms with Gasteiger partial charge in [0.25, 0.3) is 5.89 Å². The number of hydrogen-bond acceptors (Lipinski definition) is 4. The van der Waals surface area contributed by atoms with Gasteiger partial charge in [0.1, 0.15) is 0 Å². The molecule has 5 nitrogen and oxygen atoms in total. The van der Waals surface area contributed by atoms with Gasteiger partial charge in [0, 0.05) is 17.8 Å². The number of aromatic nitrogens is 2. The highest BCUT2D eigenvalue weighted by Crippen LogP contribution is 2.38. The van der Waals surface area contributed by atoms with E-state index in [1.807, 2.05) is 12.1 Å². The van der Waals surface area contributed by atoms with Crippen molar-refractivity contribution in [2.45, 2.75) is 59.9 Å². The van der Waals surface area contributed by atoms with Crippen LogP contribution in [0.1, 0.15) is 67.3 Å². The number of aryl methyl sites for hydroxylation is 3. The third kappa shape index (κ3) is 4.86. The molecule has 3 aromatic rings. The second kappa shape index (κ2) is 9.87. The fourth-order valence-corrected chi connectivity index (χ4v) is 4.54. The van der Waals surface area contributed by atoms with Gasteiger partial charge in [-0.15, -0.1) is 0 Å². The standard InChI is InChI=1S/C27H32N4OS/c1-6-7-8-15-31-20(5)23(24(28-27(31)33)22-14-11-18(3)19(4)16-22)26-29-25(30-32-26)21-12-9-17(2)10-13-21/h9-14,16,24H,6-8,15H2,1-5H3,(H,28,33). The van der Waals surface area contributed by atoms with Crippen LogP contribution >= 0.6 is 12.2 Å². The van der Waals surface area contributed by atoms with Crippen LogP contribution in [0.4, 0.5) is 0 Å². The molecule has 1 N–H and O–H groups in total. The molecule has 1 aromatic heterocycles. The van der Waals surface area contributed by atoms with Crippen LogP contribution in [-0.4, -0.2) is 26.7 Å². The Morgan fingerprint density at radius 2 is 1.76 bits per heavy atom. The van der Waals surface area contributed by atoms with Crippen molar-refractivity contribution in [2.75, 3.05) is 6.54 Å². The smallest absolute Gasteiger partial charge is 0.258 e. The summed E-state index contributed by atoms with van der Waals surface area (Å²) in [6, 6.07) is 14.5. The number of nitrogens with one attached hydrogen (secondary N) is 1. The summed E-state index contributed by atoms with van der Waals surface area (Å²) in [4.78, 5) is 6.98. The van der Waals surface area contributed by atoms with E-state index in [-0.39, 0.29) is 6.04 Å². The third-order valence-corrected chi connectivity index (χ3v) is 6.75. The van der Waals surface area contributed by atoms with Crippen LogP contribution in [0.15, 0.2) is 52.7 Å². The van der Waals surface area contributed by atoms with Gasteiger partial charge in [-0.05, 0) is 63.0 Å². The number of unbranched alkanes of at least 4 members (excludes halogenated alkanes) is 2. The lowest BCUT2D eigenvalue weighted by molar-refractivity contribution is 0.395. The van der Waals surface area contributed by atoms with Gasteiger partial charge in [-0.25, -0.2) is 0 Å². The summed E-state index contributed by atoms with van der Waals surface area (Å²) in [6.45, 7) is 11.5. The van der Waals surface area contributed by atoms with Gasteiger partial charge < -0.3 is 14.7 Å². The summed E-state index contributed by atoms with van der Waals surface area (Å²) in [5.74, 6) is 1.12. The van der Waals surface area contributed by atoms with Crippen LogP contribution in [-0.2, 0) is 0 Å². The highest BCUT2D eigenvalue weighted by atomic mass is 32.1. The molecule has 1 aliphatic rings. The minimum absolute atomic E-state index is 0.148. The van der Waals surface area contributed by atoms with Crippen molar-refractivity contribution >= 4 is 22.9 Å². The molecule has 172 valence electrons. The highest BCUT2D eigenvalue weighted by molar-refractivity contribution is 7.80. The summed E-state index contributed by atoms with van der Waals surface area (Å²) in [7, 11) is 0. The van der Waals surface area contributed by atoms with Crippen LogP contribution in [0, 0.1) is 20.8 Å². The first kappa shape index (κ1) is 23.2. The van der Waals surface area contributed by atoms with E-state index in [4.69, 9.17) is 21.7 Å². The first-order valence-electron chi connectivity index (χ1n) is 11.7. The maximum Gasteiger partial charge on any atom is 0.258 e. The average molecular weight is 461 g/mol. The number of allylic oxidation sites excluding steroid dienone is 1. The Morgan fingerprint density at radius 3 is 2.45 bits per heavy atom. The highest BCUT2D eigenvalue weighted by Gasteiger charge is 2.34. The molecule has 6 heteroatoms. The molecule has 0 spiro atoms. The monoisotopic (exact) mass is 460 g/mol. The van der Waals surface area contributed by atoms with E-state index in [1.165, 1.54) is 29.5 Å². The summed E-state index contributed by atoms with van der Waals surface area (Å²) < 4.78 is 5.85. The number of rotatable bonds is 7. The van der Waals surface area contributed by atoms with Crippen molar-refractivity contribution in [2.24, 2.45) is 0 Å². The molecule has 0 bridgehead atoms. The Kier molecular flexibility index (Phi) is 6.94. The van der Waals surface area contributed by atoms with Gasteiger partial charge in [0.05, 0.1) is 11.6 Å². The zero-order valence-electron chi connectivity index (χ0n) is 20.1. The van der Waals surface area contributed by atoms with E-state index in [0.717, 1.165) is 40.5 Å². The van der Waals surface area contributed by atoms with Crippen molar-refractivity contribution in [1.29, 1.82) is 0 Å². The largest absolute Gasteiger partial charge is 0.351 e. The van der Waals surface area contributed by atoms with E-state index in [2.05, 4.69) is 80.3 Å². The molecule has 1 atom stereocenters. The van der Waals surface area contributed by atoms with E-state index >= 15 is 0 Å². The lowest BCUT2D eigenvalue weighted by Crippen LogP contribution is -2.46. The fraction of sp³-hybridized carbons (Fsp3) is 0.370. The second-order valence-corrected chi connectivity index (χ2v) is 9.26. The molecule has 0 radical (unpaired) electrons. The molecule has 2 aromatic carbocycles. The minimum atomic E-state index is -0.148. The Morgan fingerprint density at radius 1 is 1.00 bits per heavy atom. The molecule has 1 unspecified atom stereocenters. The molecule has 33 heavy (non-hydrogen) atoms. The summed E-state index contributed by atoms with van der Waals surface area (Å²) in [5, 5.41) is 8.61. The number of nitrogens with zero attached hydrogens (tertiary/aromatic N) is 3. The van der Waals surface area contributed by atoms with Crippen LogP contribution in [0.2, 0.25) is 0 Å². The number of thiocarbonyl (C=S) groups is 1. The zero-order chi connectivity index (χ0) is 23.5. The molecule has 0 saturated carbocycles. The van der Waals surface area contributed by atoms with Crippen molar-refractivity contribution in [3.05, 3.63) is 76.3 Å². The Balaban J connectivity index is 1.78. The Labute approximate surface area is 201 Å². The van der Waals surface area contributed by atoms with E-state index in [0.29, 0.717) is 11.7 Å². The molecule has 0 saturated heterocycles. The van der Waals surface area contributed by atoms with Gasteiger partial charge in [-0.2, -0.15) is 4.98 Å². The van der Waals surface area contributed by atoms with E-state index < -0.39 is 0 Å². The third-order valence-electron chi connectivity index (χ3n) is 6.41. The molecule has 0 fully saturated rings. The second-order valence-electron chi connectivity index (χ2n) is 8.87.